The molecule has 25 heavy (non-hydrogen) atoms. The van der Waals surface area contributed by atoms with Gasteiger partial charge in [-0.1, -0.05) is 41.9 Å². The summed E-state index contributed by atoms with van der Waals surface area (Å²) in [6.07, 6.45) is 1.32. The van der Waals surface area contributed by atoms with Gasteiger partial charge >= 0.3 is 0 Å². The largest absolute Gasteiger partial charge is 0.457 e. The molecule has 0 fully saturated rings. The van der Waals surface area contributed by atoms with Gasteiger partial charge in [0.1, 0.15) is 28.6 Å². The van der Waals surface area contributed by atoms with E-state index in [0.29, 0.717) is 27.5 Å². The van der Waals surface area contributed by atoms with Crippen molar-refractivity contribution >= 4 is 22.6 Å². The first-order valence-corrected chi connectivity index (χ1v) is 7.95. The molecule has 0 unspecified atom stereocenters. The molecular formula is C19H12ClN3O2. The topological polar surface area (TPSA) is 67.9 Å². The number of nitrogens with one attached hydrogen (secondary N) is 1. The first-order valence-electron chi connectivity index (χ1n) is 7.57. The Kier molecular flexibility index (Phi) is 3.91. The zero-order valence-corrected chi connectivity index (χ0v) is 13.7. The Morgan fingerprint density at radius 3 is 2.40 bits per heavy atom. The lowest BCUT2D eigenvalue weighted by atomic mass is 10.1. The summed E-state index contributed by atoms with van der Waals surface area (Å²) in [4.78, 5) is 23.0. The van der Waals surface area contributed by atoms with Gasteiger partial charge in [-0.05, 0) is 35.9 Å². The summed E-state index contributed by atoms with van der Waals surface area (Å²) in [6.45, 7) is 0. The van der Waals surface area contributed by atoms with Crippen LogP contribution >= 0.6 is 11.6 Å². The first kappa shape index (κ1) is 15.4. The molecule has 5 nitrogen and oxygen atoms in total. The third-order valence-corrected chi connectivity index (χ3v) is 4.05. The van der Waals surface area contributed by atoms with Crippen LogP contribution in [0.5, 0.6) is 11.5 Å². The summed E-state index contributed by atoms with van der Waals surface area (Å²) in [5.41, 5.74) is 1.43. The lowest BCUT2D eigenvalue weighted by molar-refractivity contribution is 0.483. The Bertz CT molecular complexity index is 1090. The van der Waals surface area contributed by atoms with Crippen LogP contribution in [0.4, 0.5) is 0 Å². The van der Waals surface area contributed by atoms with Crippen molar-refractivity contribution < 1.29 is 4.74 Å². The number of hydrogen-bond donors (Lipinski definition) is 1. The molecule has 0 atom stereocenters. The highest BCUT2D eigenvalue weighted by molar-refractivity contribution is 6.33. The Hall–Kier alpha value is -3.18. The lowest BCUT2D eigenvalue weighted by Gasteiger charge is -2.07. The van der Waals surface area contributed by atoms with Crippen molar-refractivity contribution in [2.75, 3.05) is 0 Å². The van der Waals surface area contributed by atoms with Gasteiger partial charge in [-0.3, -0.25) is 4.79 Å². The van der Waals surface area contributed by atoms with E-state index in [1.54, 1.807) is 6.07 Å². The van der Waals surface area contributed by atoms with E-state index in [-0.39, 0.29) is 5.56 Å². The van der Waals surface area contributed by atoms with Crippen molar-refractivity contribution in [3.05, 3.63) is 82.5 Å². The highest BCUT2D eigenvalue weighted by Crippen LogP contribution is 2.26. The van der Waals surface area contributed by atoms with E-state index in [0.717, 1.165) is 11.3 Å². The zero-order valence-electron chi connectivity index (χ0n) is 12.9. The van der Waals surface area contributed by atoms with Crippen molar-refractivity contribution in [2.24, 2.45) is 0 Å². The molecule has 0 bridgehead atoms. The molecule has 0 aliphatic heterocycles. The number of ether oxygens (including phenoxy) is 1. The molecule has 6 heteroatoms. The van der Waals surface area contributed by atoms with Crippen molar-refractivity contribution in [1.29, 1.82) is 0 Å². The fraction of sp³-hybridized carbons (Fsp3) is 0. The van der Waals surface area contributed by atoms with Crippen LogP contribution in [0.25, 0.3) is 22.2 Å². The quantitative estimate of drug-likeness (QED) is 0.555. The van der Waals surface area contributed by atoms with Crippen LogP contribution < -0.4 is 10.3 Å². The Balaban J connectivity index is 1.70. The molecule has 0 saturated heterocycles. The van der Waals surface area contributed by atoms with Crippen LogP contribution in [0.1, 0.15) is 0 Å². The van der Waals surface area contributed by atoms with E-state index < -0.39 is 0 Å². The van der Waals surface area contributed by atoms with E-state index in [4.69, 9.17) is 16.3 Å². The van der Waals surface area contributed by atoms with Gasteiger partial charge in [-0.2, -0.15) is 0 Å². The SMILES string of the molecule is O=c1[nH]c2ncnc(Cl)c2cc1-c1ccc(Oc2ccccc2)cc1. The van der Waals surface area contributed by atoms with Gasteiger partial charge in [0, 0.05) is 5.56 Å². The first-order chi connectivity index (χ1) is 12.2. The summed E-state index contributed by atoms with van der Waals surface area (Å²) in [5, 5.41) is 0.898. The number of fused-ring (bicyclic) bond motifs is 1. The number of benzene rings is 2. The van der Waals surface area contributed by atoms with Crippen molar-refractivity contribution in [3.8, 4) is 22.6 Å². The predicted molar refractivity (Wildman–Crippen MR) is 97.1 cm³/mol. The Labute approximate surface area is 147 Å². The lowest BCUT2D eigenvalue weighted by Crippen LogP contribution is -2.09. The maximum atomic E-state index is 12.3. The average molecular weight is 350 g/mol. The number of halogens is 1. The van der Waals surface area contributed by atoms with Gasteiger partial charge in [0.25, 0.3) is 5.56 Å². The molecule has 4 aromatic rings. The fourth-order valence-electron chi connectivity index (χ4n) is 2.53. The minimum Gasteiger partial charge on any atom is -0.457 e. The van der Waals surface area contributed by atoms with Crippen LogP contribution in [0, 0.1) is 0 Å². The number of nitrogens with zero attached hydrogens (tertiary/aromatic N) is 2. The van der Waals surface area contributed by atoms with Gasteiger partial charge in [0.2, 0.25) is 0 Å². The number of rotatable bonds is 3. The number of para-hydroxylation sites is 1. The van der Waals surface area contributed by atoms with Crippen LogP contribution in [0.15, 0.2) is 71.8 Å². The minimum atomic E-state index is -0.237. The molecule has 4 rings (SSSR count). The number of hydrogen-bond acceptors (Lipinski definition) is 4. The van der Waals surface area contributed by atoms with Crippen molar-refractivity contribution in [1.82, 2.24) is 15.0 Å². The van der Waals surface area contributed by atoms with Gasteiger partial charge in [-0.25, -0.2) is 9.97 Å². The fourth-order valence-corrected chi connectivity index (χ4v) is 2.72. The summed E-state index contributed by atoms with van der Waals surface area (Å²) in [5.74, 6) is 1.44. The smallest absolute Gasteiger partial charge is 0.257 e. The molecule has 0 aliphatic carbocycles. The van der Waals surface area contributed by atoms with Gasteiger partial charge < -0.3 is 9.72 Å². The van der Waals surface area contributed by atoms with Crippen LogP contribution in [-0.4, -0.2) is 15.0 Å². The maximum absolute atomic E-state index is 12.3. The zero-order chi connectivity index (χ0) is 17.2. The van der Waals surface area contributed by atoms with Gasteiger partial charge in [-0.15, -0.1) is 0 Å². The molecule has 0 amide bonds. The Morgan fingerprint density at radius 1 is 0.920 bits per heavy atom. The van der Waals surface area contributed by atoms with Crippen molar-refractivity contribution in [2.45, 2.75) is 0 Å². The van der Waals surface area contributed by atoms with Gasteiger partial charge in [0.05, 0.1) is 5.39 Å². The second-order valence-electron chi connectivity index (χ2n) is 5.38. The average Bonchev–Trinajstić information content (AvgIpc) is 2.63. The van der Waals surface area contributed by atoms with E-state index >= 15 is 0 Å². The van der Waals surface area contributed by atoms with Crippen LogP contribution in [-0.2, 0) is 0 Å². The summed E-state index contributed by atoms with van der Waals surface area (Å²) < 4.78 is 5.76. The highest BCUT2D eigenvalue weighted by atomic mass is 35.5. The van der Waals surface area contributed by atoms with Crippen LogP contribution in [0.3, 0.4) is 0 Å². The standard InChI is InChI=1S/C19H12ClN3O2/c20-17-16-10-15(19(24)23-18(16)22-11-21-17)12-6-8-14(9-7-12)25-13-4-2-1-3-5-13/h1-11H,(H,21,22,23,24). The molecule has 0 radical (unpaired) electrons. The molecule has 2 aromatic heterocycles. The predicted octanol–water partition coefficient (Wildman–Crippen LogP) is 4.43. The number of aromatic amines is 1. The highest BCUT2D eigenvalue weighted by Gasteiger charge is 2.09. The monoisotopic (exact) mass is 349 g/mol. The minimum absolute atomic E-state index is 0.237. The molecule has 122 valence electrons. The Morgan fingerprint density at radius 2 is 1.64 bits per heavy atom. The molecule has 0 aliphatic rings. The number of aromatic nitrogens is 3. The summed E-state index contributed by atoms with van der Waals surface area (Å²) >= 11 is 6.09. The summed E-state index contributed by atoms with van der Waals surface area (Å²) in [7, 11) is 0. The number of H-pyrrole nitrogens is 1. The third-order valence-electron chi connectivity index (χ3n) is 3.74. The van der Waals surface area contributed by atoms with Gasteiger partial charge in [0.15, 0.2) is 0 Å². The second kappa shape index (κ2) is 6.37. The number of pyridine rings is 1. The molecule has 2 aromatic carbocycles. The molecule has 1 N–H and O–H groups in total. The van der Waals surface area contributed by atoms with E-state index in [9.17, 15) is 4.79 Å². The van der Waals surface area contributed by atoms with E-state index in [1.165, 1.54) is 6.33 Å². The normalized spacial score (nSPS) is 10.8. The molecule has 0 saturated carbocycles. The molecule has 0 spiro atoms. The van der Waals surface area contributed by atoms with E-state index in [1.807, 2.05) is 54.6 Å². The van der Waals surface area contributed by atoms with Crippen LogP contribution in [0.2, 0.25) is 5.15 Å². The van der Waals surface area contributed by atoms with E-state index in [2.05, 4.69) is 15.0 Å². The maximum Gasteiger partial charge on any atom is 0.257 e. The molecular weight excluding hydrogens is 338 g/mol. The summed E-state index contributed by atoms with van der Waals surface area (Å²) in [6, 6.07) is 18.5. The van der Waals surface area contributed by atoms with Crippen molar-refractivity contribution in [3.63, 3.8) is 0 Å². The third kappa shape index (κ3) is 3.09. The molecule has 2 heterocycles. The second-order valence-corrected chi connectivity index (χ2v) is 5.74.